The van der Waals surface area contributed by atoms with E-state index < -0.39 is 0 Å². The third-order valence-corrected chi connectivity index (χ3v) is 5.66. The predicted molar refractivity (Wildman–Crippen MR) is 112 cm³/mol. The van der Waals surface area contributed by atoms with E-state index in [1.807, 2.05) is 0 Å². The van der Waals surface area contributed by atoms with E-state index >= 15 is 0 Å². The Bertz CT molecular complexity index is 853. The van der Waals surface area contributed by atoms with Crippen LogP contribution >= 0.6 is 11.6 Å². The van der Waals surface area contributed by atoms with Gasteiger partial charge in [0.05, 0.1) is 29.0 Å². The second-order valence-electron chi connectivity index (χ2n) is 7.45. The fraction of sp³-hybridized carbons (Fsp3) is 0.500. The van der Waals surface area contributed by atoms with Crippen LogP contribution in [0.15, 0.2) is 24.7 Å². The Morgan fingerprint density at radius 1 is 1.21 bits per heavy atom. The number of pyridine rings is 1. The number of nitrogens with zero attached hydrogens (tertiary/aromatic N) is 3. The first kappa shape index (κ1) is 20.0. The summed E-state index contributed by atoms with van der Waals surface area (Å²) in [5.74, 6) is 1.67. The van der Waals surface area contributed by atoms with Crippen LogP contribution in [0.4, 0.5) is 11.6 Å². The van der Waals surface area contributed by atoms with Crippen molar-refractivity contribution in [1.82, 2.24) is 20.3 Å². The number of amides is 1. The maximum atomic E-state index is 12.4. The molecule has 8 nitrogen and oxygen atoms in total. The van der Waals surface area contributed by atoms with Crippen molar-refractivity contribution in [3.05, 3.63) is 29.7 Å². The van der Waals surface area contributed by atoms with E-state index in [-0.39, 0.29) is 11.8 Å². The maximum Gasteiger partial charge on any atom is 0.229 e. The van der Waals surface area contributed by atoms with Gasteiger partial charge < -0.3 is 20.7 Å². The monoisotopic (exact) mass is 416 g/mol. The minimum atomic E-state index is -0.0339. The van der Waals surface area contributed by atoms with Crippen LogP contribution in [-0.2, 0) is 9.53 Å². The third-order valence-electron chi connectivity index (χ3n) is 5.36. The van der Waals surface area contributed by atoms with Crippen LogP contribution in [0.5, 0.6) is 0 Å². The number of nitrogens with one attached hydrogen (secondary N) is 3. The van der Waals surface area contributed by atoms with Gasteiger partial charge in [-0.05, 0) is 37.8 Å². The summed E-state index contributed by atoms with van der Waals surface area (Å²) in [4.78, 5) is 25.5. The molecule has 0 saturated carbocycles. The number of ether oxygens (including phenoxy) is 1. The van der Waals surface area contributed by atoms with Gasteiger partial charge in [-0.1, -0.05) is 11.6 Å². The average Bonchev–Trinajstić information content (AvgIpc) is 3.30. The number of carbonyl (C=O) groups excluding carboxylic acids is 1. The number of halogens is 1. The molecule has 0 unspecified atom stereocenters. The van der Waals surface area contributed by atoms with Crippen molar-refractivity contribution in [2.45, 2.75) is 19.3 Å². The van der Waals surface area contributed by atoms with Gasteiger partial charge in [-0.3, -0.25) is 9.78 Å². The molecule has 2 aromatic heterocycles. The Balaban J connectivity index is 1.46. The lowest BCUT2D eigenvalue weighted by molar-refractivity contribution is -0.119. The maximum absolute atomic E-state index is 12.4. The van der Waals surface area contributed by atoms with Crippen molar-refractivity contribution in [3.8, 4) is 11.3 Å². The van der Waals surface area contributed by atoms with Gasteiger partial charge in [-0.2, -0.15) is 0 Å². The number of aromatic nitrogens is 3. The van der Waals surface area contributed by atoms with Gasteiger partial charge in [0, 0.05) is 38.1 Å². The first-order chi connectivity index (χ1) is 14.2. The Morgan fingerprint density at radius 3 is 2.86 bits per heavy atom. The van der Waals surface area contributed by atoms with Gasteiger partial charge in [0.1, 0.15) is 11.6 Å². The second kappa shape index (κ2) is 9.47. The average molecular weight is 417 g/mol. The van der Waals surface area contributed by atoms with Gasteiger partial charge in [0.25, 0.3) is 0 Å². The molecule has 3 N–H and O–H groups in total. The SMILES string of the molecule is O=C(Nc1cc(-c2cncc(NCC3CCOCC3)n2)c(Cl)cn1)[C@H]1CCNC1. The Labute approximate surface area is 174 Å². The zero-order valence-electron chi connectivity index (χ0n) is 16.2. The highest BCUT2D eigenvalue weighted by Gasteiger charge is 2.23. The summed E-state index contributed by atoms with van der Waals surface area (Å²) in [6, 6.07) is 1.74. The molecule has 4 heterocycles. The molecule has 29 heavy (non-hydrogen) atoms. The minimum absolute atomic E-state index is 0.0336. The van der Waals surface area contributed by atoms with Crippen LogP contribution in [0.3, 0.4) is 0 Å². The van der Waals surface area contributed by atoms with Crippen LogP contribution in [0.2, 0.25) is 5.02 Å². The third kappa shape index (κ3) is 5.20. The number of anilines is 2. The van der Waals surface area contributed by atoms with Gasteiger partial charge in [0.15, 0.2) is 0 Å². The fourth-order valence-corrected chi connectivity index (χ4v) is 3.79. The lowest BCUT2D eigenvalue weighted by Gasteiger charge is -2.22. The summed E-state index contributed by atoms with van der Waals surface area (Å²) in [7, 11) is 0. The molecule has 0 spiro atoms. The number of hydrogen-bond donors (Lipinski definition) is 3. The molecule has 0 radical (unpaired) electrons. The molecule has 1 amide bonds. The number of hydrogen-bond acceptors (Lipinski definition) is 7. The summed E-state index contributed by atoms with van der Waals surface area (Å²) in [6.07, 6.45) is 7.83. The smallest absolute Gasteiger partial charge is 0.229 e. The van der Waals surface area contributed by atoms with E-state index in [4.69, 9.17) is 16.3 Å². The van der Waals surface area contributed by atoms with E-state index in [0.717, 1.165) is 45.6 Å². The molecule has 2 fully saturated rings. The largest absolute Gasteiger partial charge is 0.381 e. The lowest BCUT2D eigenvalue weighted by atomic mass is 10.0. The Morgan fingerprint density at radius 2 is 2.07 bits per heavy atom. The lowest BCUT2D eigenvalue weighted by Crippen LogP contribution is -2.25. The van der Waals surface area contributed by atoms with Crippen molar-refractivity contribution in [3.63, 3.8) is 0 Å². The summed E-state index contributed by atoms with van der Waals surface area (Å²) in [6.45, 7) is 4.02. The zero-order chi connectivity index (χ0) is 20.1. The highest BCUT2D eigenvalue weighted by Crippen LogP contribution is 2.28. The van der Waals surface area contributed by atoms with Crippen LogP contribution in [0.1, 0.15) is 19.3 Å². The molecule has 2 aromatic rings. The van der Waals surface area contributed by atoms with Crippen LogP contribution in [0.25, 0.3) is 11.3 Å². The van der Waals surface area contributed by atoms with E-state index in [1.165, 1.54) is 6.20 Å². The molecular weight excluding hydrogens is 392 g/mol. The van der Waals surface area contributed by atoms with Crippen molar-refractivity contribution in [2.75, 3.05) is 43.5 Å². The quantitative estimate of drug-likeness (QED) is 0.665. The Kier molecular flexibility index (Phi) is 6.53. The molecular formula is C20H25ClN6O2. The molecule has 2 saturated heterocycles. The molecule has 0 bridgehead atoms. The van der Waals surface area contributed by atoms with Crippen LogP contribution in [-0.4, -0.2) is 53.7 Å². The summed E-state index contributed by atoms with van der Waals surface area (Å²) in [5, 5.41) is 9.90. The molecule has 9 heteroatoms. The summed E-state index contributed by atoms with van der Waals surface area (Å²) in [5.41, 5.74) is 1.32. The van der Waals surface area contributed by atoms with Gasteiger partial charge in [-0.25, -0.2) is 9.97 Å². The second-order valence-corrected chi connectivity index (χ2v) is 7.86. The van der Waals surface area contributed by atoms with Crippen molar-refractivity contribution < 1.29 is 9.53 Å². The van der Waals surface area contributed by atoms with E-state index in [9.17, 15) is 4.79 Å². The predicted octanol–water partition coefficient (Wildman–Crippen LogP) is 2.58. The molecule has 2 aliphatic heterocycles. The van der Waals surface area contributed by atoms with Crippen LogP contribution < -0.4 is 16.0 Å². The Hall–Kier alpha value is -2.29. The zero-order valence-corrected chi connectivity index (χ0v) is 16.9. The van der Waals surface area contributed by atoms with Crippen molar-refractivity contribution >= 4 is 29.1 Å². The number of carbonyl (C=O) groups is 1. The van der Waals surface area contributed by atoms with E-state index in [1.54, 1.807) is 18.5 Å². The minimum Gasteiger partial charge on any atom is -0.381 e. The van der Waals surface area contributed by atoms with Crippen molar-refractivity contribution in [1.29, 1.82) is 0 Å². The van der Waals surface area contributed by atoms with Gasteiger partial charge in [-0.15, -0.1) is 0 Å². The number of rotatable bonds is 6. The summed E-state index contributed by atoms with van der Waals surface area (Å²) < 4.78 is 5.40. The van der Waals surface area contributed by atoms with Crippen LogP contribution in [0, 0.1) is 11.8 Å². The topological polar surface area (TPSA) is 101 Å². The molecule has 0 aromatic carbocycles. The first-order valence-corrected chi connectivity index (χ1v) is 10.4. The summed E-state index contributed by atoms with van der Waals surface area (Å²) >= 11 is 6.36. The molecule has 154 valence electrons. The standard InChI is InChI=1S/C20H25ClN6O2/c21-16-10-25-18(27-20(28)14-1-4-22-9-14)7-15(16)17-11-23-12-19(26-17)24-8-13-2-5-29-6-3-13/h7,10-14,22H,1-6,8-9H2,(H,24,26)(H,25,27,28)/t14-/m0/s1. The van der Waals surface area contributed by atoms with Gasteiger partial charge in [0.2, 0.25) is 5.91 Å². The van der Waals surface area contributed by atoms with E-state index in [2.05, 4.69) is 30.9 Å². The van der Waals surface area contributed by atoms with Crippen molar-refractivity contribution in [2.24, 2.45) is 11.8 Å². The highest BCUT2D eigenvalue weighted by molar-refractivity contribution is 6.33. The molecule has 0 aliphatic carbocycles. The van der Waals surface area contributed by atoms with Gasteiger partial charge >= 0.3 is 0 Å². The highest BCUT2D eigenvalue weighted by atomic mass is 35.5. The molecule has 4 rings (SSSR count). The normalized spacial score (nSPS) is 19.8. The fourth-order valence-electron chi connectivity index (χ4n) is 3.59. The molecule has 1 atom stereocenters. The first-order valence-electron chi connectivity index (χ1n) is 10.00. The van der Waals surface area contributed by atoms with E-state index in [0.29, 0.717) is 40.4 Å². The molecule has 2 aliphatic rings.